The van der Waals surface area contributed by atoms with Gasteiger partial charge in [0.25, 0.3) is 5.91 Å². The first kappa shape index (κ1) is 21.4. The number of carbonyl (C=O) groups is 1. The number of carbonyl (C=O) groups excluding carboxylic acids is 1. The fourth-order valence-corrected chi connectivity index (χ4v) is 3.15. The third-order valence-corrected chi connectivity index (χ3v) is 5.02. The van der Waals surface area contributed by atoms with E-state index in [1.807, 2.05) is 67.0 Å². The van der Waals surface area contributed by atoms with Crippen LogP contribution >= 0.6 is 11.9 Å². The number of pyridine rings is 2. The fraction of sp³-hybridized carbons (Fsp3) is 0.190. The van der Waals surface area contributed by atoms with Crippen molar-refractivity contribution in [3.63, 3.8) is 0 Å². The monoisotopic (exact) mass is 424 g/mol. The van der Waals surface area contributed by atoms with E-state index in [9.17, 15) is 4.79 Å². The molecule has 0 unspecified atom stereocenters. The molecule has 0 aliphatic heterocycles. The number of rotatable bonds is 8. The molecule has 0 aliphatic carbocycles. The maximum absolute atomic E-state index is 12.5. The van der Waals surface area contributed by atoms with Gasteiger partial charge in [-0.05, 0) is 31.2 Å². The van der Waals surface area contributed by atoms with E-state index in [-0.39, 0.29) is 0 Å². The average Bonchev–Trinajstić information content (AvgIpc) is 2.74. The molecule has 0 bridgehead atoms. The molecule has 3 aromatic rings. The summed E-state index contributed by atoms with van der Waals surface area (Å²) in [7, 11) is 3.37. The quantitative estimate of drug-likeness (QED) is 0.365. The van der Waals surface area contributed by atoms with Gasteiger partial charge in [-0.1, -0.05) is 30.1 Å². The summed E-state index contributed by atoms with van der Waals surface area (Å²) in [6.07, 6.45) is 3.49. The van der Waals surface area contributed by atoms with Crippen LogP contribution < -0.4 is 20.4 Å². The molecule has 1 amide bonds. The second-order valence-electron chi connectivity index (χ2n) is 6.36. The summed E-state index contributed by atoms with van der Waals surface area (Å²) in [5.41, 5.74) is 6.00. The standard InChI is InChI=1S/C21H24N6O2S/c1-14-8-7-11-19(23-14)25-20-12-17(15(13-22-20)21(28)26-29-3)24-16-9-5-6-10-18(16)27(2)30-4/h5-13H,1-4H3,(H,26,28)(H2,22,23,24,25). The van der Waals surface area contributed by atoms with Crippen molar-refractivity contribution in [2.45, 2.75) is 6.92 Å². The summed E-state index contributed by atoms with van der Waals surface area (Å²) >= 11 is 1.59. The van der Waals surface area contributed by atoms with Crippen molar-refractivity contribution in [3.8, 4) is 0 Å². The van der Waals surface area contributed by atoms with Gasteiger partial charge in [0.15, 0.2) is 0 Å². The summed E-state index contributed by atoms with van der Waals surface area (Å²) in [6, 6.07) is 15.3. The molecule has 3 rings (SSSR count). The van der Waals surface area contributed by atoms with Gasteiger partial charge in [0.2, 0.25) is 0 Å². The van der Waals surface area contributed by atoms with Crippen molar-refractivity contribution >= 4 is 46.6 Å². The minimum Gasteiger partial charge on any atom is -0.353 e. The number of hydrogen-bond donors (Lipinski definition) is 3. The van der Waals surface area contributed by atoms with E-state index < -0.39 is 5.91 Å². The second kappa shape index (κ2) is 9.95. The molecule has 9 heteroatoms. The van der Waals surface area contributed by atoms with Crippen LogP contribution in [0, 0.1) is 6.92 Å². The number of aryl methyl sites for hydroxylation is 1. The Kier molecular flexibility index (Phi) is 7.10. The summed E-state index contributed by atoms with van der Waals surface area (Å²) in [4.78, 5) is 26.1. The third-order valence-electron chi connectivity index (χ3n) is 4.27. The average molecular weight is 425 g/mol. The molecular weight excluding hydrogens is 400 g/mol. The molecule has 2 aromatic heterocycles. The fourth-order valence-electron chi connectivity index (χ4n) is 2.80. The molecule has 0 radical (unpaired) electrons. The summed E-state index contributed by atoms with van der Waals surface area (Å²) < 4.78 is 2.04. The van der Waals surface area contributed by atoms with Crippen LogP contribution in [-0.2, 0) is 4.84 Å². The van der Waals surface area contributed by atoms with Crippen LogP contribution in [0.15, 0.2) is 54.7 Å². The summed E-state index contributed by atoms with van der Waals surface area (Å²) in [5.74, 6) is 0.828. The number of nitrogens with one attached hydrogen (secondary N) is 3. The van der Waals surface area contributed by atoms with Crippen LogP contribution in [0.25, 0.3) is 0 Å². The Hall–Kier alpha value is -3.30. The van der Waals surface area contributed by atoms with Gasteiger partial charge in [0.05, 0.1) is 29.7 Å². The van der Waals surface area contributed by atoms with Crippen LogP contribution in [0.5, 0.6) is 0 Å². The van der Waals surface area contributed by atoms with E-state index in [1.54, 1.807) is 18.0 Å². The zero-order valence-corrected chi connectivity index (χ0v) is 18.1. The van der Waals surface area contributed by atoms with Gasteiger partial charge < -0.3 is 14.9 Å². The van der Waals surface area contributed by atoms with Gasteiger partial charge >= 0.3 is 0 Å². The van der Waals surface area contributed by atoms with Gasteiger partial charge in [-0.2, -0.15) is 0 Å². The van der Waals surface area contributed by atoms with Crippen LogP contribution in [0.1, 0.15) is 16.1 Å². The van der Waals surface area contributed by atoms with E-state index in [0.717, 1.165) is 17.1 Å². The van der Waals surface area contributed by atoms with E-state index in [0.29, 0.717) is 22.9 Å². The number of amides is 1. The largest absolute Gasteiger partial charge is 0.353 e. The number of nitrogens with zero attached hydrogens (tertiary/aromatic N) is 3. The molecule has 2 heterocycles. The van der Waals surface area contributed by atoms with E-state index >= 15 is 0 Å². The molecule has 30 heavy (non-hydrogen) atoms. The SMILES string of the molecule is CONC(=O)c1cnc(Nc2cccc(C)n2)cc1Nc1ccccc1N(C)SC. The van der Waals surface area contributed by atoms with Gasteiger partial charge in [0, 0.05) is 31.3 Å². The van der Waals surface area contributed by atoms with Gasteiger partial charge in [-0.25, -0.2) is 15.4 Å². The van der Waals surface area contributed by atoms with Gasteiger partial charge in [0.1, 0.15) is 11.6 Å². The van der Waals surface area contributed by atoms with E-state index in [1.165, 1.54) is 13.3 Å². The Labute approximate surface area is 180 Å². The Balaban J connectivity index is 1.98. The highest BCUT2D eigenvalue weighted by Crippen LogP contribution is 2.32. The molecule has 0 aliphatic rings. The minimum absolute atomic E-state index is 0.348. The molecule has 156 valence electrons. The van der Waals surface area contributed by atoms with Crippen molar-refractivity contribution < 1.29 is 9.63 Å². The number of hydroxylamine groups is 1. The third kappa shape index (κ3) is 5.19. The van der Waals surface area contributed by atoms with Crippen molar-refractivity contribution in [1.82, 2.24) is 15.4 Å². The van der Waals surface area contributed by atoms with Crippen LogP contribution in [-0.4, -0.2) is 36.3 Å². The highest BCUT2D eigenvalue weighted by Gasteiger charge is 2.16. The number of anilines is 5. The van der Waals surface area contributed by atoms with Gasteiger partial charge in [-0.3, -0.25) is 9.63 Å². The number of aromatic nitrogens is 2. The topological polar surface area (TPSA) is 91.4 Å². The smallest absolute Gasteiger partial charge is 0.278 e. The molecular formula is C21H24N6O2S. The van der Waals surface area contributed by atoms with Crippen molar-refractivity contribution in [2.24, 2.45) is 0 Å². The first-order chi connectivity index (χ1) is 14.5. The zero-order valence-electron chi connectivity index (χ0n) is 17.3. The zero-order chi connectivity index (χ0) is 21.5. The van der Waals surface area contributed by atoms with Crippen LogP contribution in [0.4, 0.5) is 28.7 Å². The molecule has 0 atom stereocenters. The number of benzene rings is 1. The Morgan fingerprint density at radius 1 is 1.07 bits per heavy atom. The van der Waals surface area contributed by atoms with Crippen LogP contribution in [0.2, 0.25) is 0 Å². The van der Waals surface area contributed by atoms with E-state index in [2.05, 4.69) is 26.1 Å². The van der Waals surface area contributed by atoms with Crippen molar-refractivity contribution in [1.29, 1.82) is 0 Å². The minimum atomic E-state index is -0.400. The second-order valence-corrected chi connectivity index (χ2v) is 7.27. The maximum atomic E-state index is 12.5. The molecule has 0 saturated heterocycles. The lowest BCUT2D eigenvalue weighted by Gasteiger charge is -2.21. The van der Waals surface area contributed by atoms with Crippen LogP contribution in [0.3, 0.4) is 0 Å². The first-order valence-corrected chi connectivity index (χ1v) is 10.4. The Morgan fingerprint density at radius 2 is 1.87 bits per heavy atom. The lowest BCUT2D eigenvalue weighted by molar-refractivity contribution is 0.0538. The van der Waals surface area contributed by atoms with Gasteiger partial charge in [-0.15, -0.1) is 0 Å². The first-order valence-electron chi connectivity index (χ1n) is 9.19. The molecule has 0 saturated carbocycles. The number of hydrogen-bond acceptors (Lipinski definition) is 8. The number of para-hydroxylation sites is 2. The van der Waals surface area contributed by atoms with Crippen molar-refractivity contribution in [3.05, 3.63) is 66.0 Å². The lowest BCUT2D eigenvalue weighted by Crippen LogP contribution is -2.23. The lowest BCUT2D eigenvalue weighted by atomic mass is 10.2. The maximum Gasteiger partial charge on any atom is 0.278 e. The normalized spacial score (nSPS) is 10.4. The Morgan fingerprint density at radius 3 is 2.60 bits per heavy atom. The molecule has 8 nitrogen and oxygen atoms in total. The highest BCUT2D eigenvalue weighted by atomic mass is 32.2. The Bertz CT molecular complexity index is 1030. The molecule has 1 aromatic carbocycles. The summed E-state index contributed by atoms with van der Waals surface area (Å²) in [5, 5.41) is 6.54. The highest BCUT2D eigenvalue weighted by molar-refractivity contribution is 7.99. The summed E-state index contributed by atoms with van der Waals surface area (Å²) in [6.45, 7) is 1.92. The molecule has 0 spiro atoms. The predicted octanol–water partition coefficient (Wildman–Crippen LogP) is 4.28. The van der Waals surface area contributed by atoms with E-state index in [4.69, 9.17) is 4.84 Å². The molecule has 3 N–H and O–H groups in total. The van der Waals surface area contributed by atoms with Crippen molar-refractivity contribution in [2.75, 3.05) is 35.4 Å². The molecule has 0 fully saturated rings. The predicted molar refractivity (Wildman–Crippen MR) is 123 cm³/mol.